The Kier molecular flexibility index (Phi) is 5.26. The highest BCUT2D eigenvalue weighted by Gasteiger charge is 2.16. The Morgan fingerprint density at radius 3 is 2.71 bits per heavy atom. The van der Waals surface area contributed by atoms with Crippen LogP contribution >= 0.6 is 23.4 Å². The van der Waals surface area contributed by atoms with Crippen molar-refractivity contribution in [3.63, 3.8) is 0 Å². The van der Waals surface area contributed by atoms with Crippen molar-refractivity contribution >= 4 is 28.9 Å². The zero-order valence-electron chi connectivity index (χ0n) is 11.6. The summed E-state index contributed by atoms with van der Waals surface area (Å²) in [6.45, 7) is 2.66. The maximum Gasteiger partial charge on any atom is 0.271 e. The average molecular weight is 321 g/mol. The second kappa shape index (κ2) is 7.16. The van der Waals surface area contributed by atoms with Gasteiger partial charge in [-0.25, -0.2) is 0 Å². The summed E-state index contributed by atoms with van der Waals surface area (Å²) in [4.78, 5) is 4.28. The lowest BCUT2D eigenvalue weighted by Crippen LogP contribution is -2.11. The molecule has 0 unspecified atom stereocenters. The SMILES string of the molecule is CCN/C(SC)=C(\C#N)c1nc(-c2ccc(Cl)cc2)no1. The molecule has 1 aromatic heterocycles. The van der Waals surface area contributed by atoms with E-state index in [0.717, 1.165) is 5.56 Å². The summed E-state index contributed by atoms with van der Waals surface area (Å²) in [6.07, 6.45) is 1.88. The normalized spacial score (nSPS) is 11.7. The number of nitrogens with one attached hydrogen (secondary N) is 1. The first-order chi connectivity index (χ1) is 10.2. The van der Waals surface area contributed by atoms with Crippen LogP contribution in [0, 0.1) is 11.3 Å². The summed E-state index contributed by atoms with van der Waals surface area (Å²) in [5.41, 5.74) is 1.12. The highest BCUT2D eigenvalue weighted by atomic mass is 35.5. The van der Waals surface area contributed by atoms with Gasteiger partial charge in [0, 0.05) is 17.1 Å². The summed E-state index contributed by atoms with van der Waals surface area (Å²) in [5.74, 6) is 0.624. The molecular formula is C14H13ClN4OS. The zero-order chi connectivity index (χ0) is 15.2. The lowest BCUT2D eigenvalue weighted by atomic mass is 10.2. The predicted molar refractivity (Wildman–Crippen MR) is 84.5 cm³/mol. The van der Waals surface area contributed by atoms with Gasteiger partial charge in [0.1, 0.15) is 11.6 Å². The minimum atomic E-state index is 0.202. The van der Waals surface area contributed by atoms with E-state index in [2.05, 4.69) is 21.5 Å². The fourth-order valence-electron chi connectivity index (χ4n) is 1.66. The highest BCUT2D eigenvalue weighted by Crippen LogP contribution is 2.25. The standard InChI is InChI=1S/C14H13ClN4OS/c1-3-17-14(21-2)11(8-16)13-18-12(19-20-13)9-4-6-10(15)7-5-9/h4-7,17H,3H2,1-2H3/b14-11-. The number of rotatable bonds is 5. The first-order valence-corrected chi connectivity index (χ1v) is 7.82. The molecule has 2 aromatic rings. The fourth-order valence-corrected chi connectivity index (χ4v) is 2.41. The zero-order valence-corrected chi connectivity index (χ0v) is 13.1. The van der Waals surface area contributed by atoms with E-state index in [1.807, 2.05) is 13.2 Å². The summed E-state index contributed by atoms with van der Waals surface area (Å²) in [6, 6.07) is 9.20. The monoisotopic (exact) mass is 320 g/mol. The molecule has 0 amide bonds. The Hall–Kier alpha value is -1.97. The minimum absolute atomic E-state index is 0.202. The van der Waals surface area contributed by atoms with Crippen LogP contribution in [0.3, 0.4) is 0 Å². The molecule has 0 aliphatic heterocycles. The first kappa shape index (κ1) is 15.4. The number of allylic oxidation sites excluding steroid dienone is 1. The Morgan fingerprint density at radius 2 is 2.14 bits per heavy atom. The van der Waals surface area contributed by atoms with Gasteiger partial charge in [-0.3, -0.25) is 0 Å². The molecule has 5 nitrogen and oxygen atoms in total. The van der Waals surface area contributed by atoms with E-state index in [0.29, 0.717) is 28.0 Å². The second-order valence-corrected chi connectivity index (χ2v) is 5.23. The van der Waals surface area contributed by atoms with Crippen molar-refractivity contribution in [1.29, 1.82) is 5.26 Å². The molecule has 0 spiro atoms. The number of nitriles is 1. The van der Waals surface area contributed by atoms with E-state index in [-0.39, 0.29) is 5.89 Å². The Balaban J connectivity index is 2.38. The molecule has 0 radical (unpaired) electrons. The molecule has 0 saturated heterocycles. The van der Waals surface area contributed by atoms with E-state index in [4.69, 9.17) is 16.1 Å². The number of benzene rings is 1. The summed E-state index contributed by atoms with van der Waals surface area (Å²) < 4.78 is 5.20. The van der Waals surface area contributed by atoms with Gasteiger partial charge in [-0.05, 0) is 37.4 Å². The van der Waals surface area contributed by atoms with Crippen LogP contribution in [0.4, 0.5) is 0 Å². The Morgan fingerprint density at radius 1 is 1.43 bits per heavy atom. The molecule has 0 atom stereocenters. The maximum absolute atomic E-state index is 9.32. The topological polar surface area (TPSA) is 74.7 Å². The van der Waals surface area contributed by atoms with Gasteiger partial charge >= 0.3 is 0 Å². The maximum atomic E-state index is 9.32. The fraction of sp³-hybridized carbons (Fsp3) is 0.214. The summed E-state index contributed by atoms with van der Waals surface area (Å²) in [5, 5.41) is 17.7. The molecule has 21 heavy (non-hydrogen) atoms. The van der Waals surface area contributed by atoms with Gasteiger partial charge in [0.05, 0.1) is 5.03 Å². The van der Waals surface area contributed by atoms with Crippen LogP contribution in [0.15, 0.2) is 33.8 Å². The molecule has 7 heteroatoms. The number of halogens is 1. The minimum Gasteiger partial charge on any atom is -0.379 e. The predicted octanol–water partition coefficient (Wildman–Crippen LogP) is 3.55. The third-order valence-corrected chi connectivity index (χ3v) is 3.63. The molecule has 0 saturated carbocycles. The quantitative estimate of drug-likeness (QED) is 0.849. The van der Waals surface area contributed by atoms with E-state index in [1.54, 1.807) is 24.3 Å². The third-order valence-electron chi connectivity index (χ3n) is 2.62. The molecule has 0 aliphatic carbocycles. The van der Waals surface area contributed by atoms with Gasteiger partial charge in [0.25, 0.3) is 5.89 Å². The number of hydrogen-bond acceptors (Lipinski definition) is 6. The van der Waals surface area contributed by atoms with Crippen LogP contribution in [0.2, 0.25) is 5.02 Å². The van der Waals surface area contributed by atoms with E-state index in [9.17, 15) is 5.26 Å². The molecule has 1 aromatic carbocycles. The van der Waals surface area contributed by atoms with Gasteiger partial charge in [0.15, 0.2) is 0 Å². The molecule has 1 heterocycles. The molecule has 0 fully saturated rings. The van der Waals surface area contributed by atoms with Crippen molar-refractivity contribution in [2.45, 2.75) is 6.92 Å². The molecule has 0 bridgehead atoms. The average Bonchev–Trinajstić information content (AvgIpc) is 2.97. The molecule has 1 N–H and O–H groups in total. The first-order valence-electron chi connectivity index (χ1n) is 6.21. The Bertz CT molecular complexity index is 688. The smallest absolute Gasteiger partial charge is 0.271 e. The molecular weight excluding hydrogens is 308 g/mol. The largest absolute Gasteiger partial charge is 0.379 e. The van der Waals surface area contributed by atoms with Crippen LogP contribution in [0.25, 0.3) is 17.0 Å². The van der Waals surface area contributed by atoms with Crippen molar-refractivity contribution in [3.05, 3.63) is 40.2 Å². The van der Waals surface area contributed by atoms with Crippen LogP contribution in [0.1, 0.15) is 12.8 Å². The highest BCUT2D eigenvalue weighted by molar-refractivity contribution is 8.02. The van der Waals surface area contributed by atoms with Crippen molar-refractivity contribution in [2.75, 3.05) is 12.8 Å². The number of hydrogen-bond donors (Lipinski definition) is 1. The van der Waals surface area contributed by atoms with E-state index in [1.165, 1.54) is 11.8 Å². The van der Waals surface area contributed by atoms with Crippen molar-refractivity contribution in [3.8, 4) is 17.5 Å². The van der Waals surface area contributed by atoms with E-state index >= 15 is 0 Å². The number of aromatic nitrogens is 2. The number of nitrogens with zero attached hydrogens (tertiary/aromatic N) is 3. The summed E-state index contributed by atoms with van der Waals surface area (Å²) in [7, 11) is 0. The Labute approximate surface area is 132 Å². The van der Waals surface area contributed by atoms with Crippen molar-refractivity contribution < 1.29 is 4.52 Å². The van der Waals surface area contributed by atoms with Gasteiger partial charge < -0.3 is 9.84 Å². The van der Waals surface area contributed by atoms with Crippen molar-refractivity contribution in [1.82, 2.24) is 15.5 Å². The molecule has 2 rings (SSSR count). The lowest BCUT2D eigenvalue weighted by Gasteiger charge is -2.05. The molecule has 108 valence electrons. The van der Waals surface area contributed by atoms with E-state index < -0.39 is 0 Å². The van der Waals surface area contributed by atoms with Crippen LogP contribution in [-0.4, -0.2) is 22.9 Å². The van der Waals surface area contributed by atoms with Gasteiger partial charge in [-0.15, -0.1) is 11.8 Å². The third kappa shape index (κ3) is 3.57. The second-order valence-electron chi connectivity index (χ2n) is 3.98. The lowest BCUT2D eigenvalue weighted by molar-refractivity contribution is 0.409. The van der Waals surface area contributed by atoms with Crippen LogP contribution in [-0.2, 0) is 0 Å². The van der Waals surface area contributed by atoms with Gasteiger partial charge in [0.2, 0.25) is 5.82 Å². The van der Waals surface area contributed by atoms with Gasteiger partial charge in [-0.1, -0.05) is 16.8 Å². The van der Waals surface area contributed by atoms with Crippen LogP contribution in [0.5, 0.6) is 0 Å². The molecule has 0 aliphatic rings. The summed E-state index contributed by atoms with van der Waals surface area (Å²) >= 11 is 7.28. The van der Waals surface area contributed by atoms with Crippen molar-refractivity contribution in [2.24, 2.45) is 0 Å². The number of thioether (sulfide) groups is 1. The van der Waals surface area contributed by atoms with Crippen LogP contribution < -0.4 is 5.32 Å². The van der Waals surface area contributed by atoms with Gasteiger partial charge in [-0.2, -0.15) is 10.2 Å².